The number of carbonyl (C=O) groups excluding carboxylic acids is 1. The highest BCUT2D eigenvalue weighted by Gasteiger charge is 2.29. The minimum atomic E-state index is -3.56. The maximum Gasteiger partial charge on any atom is 0.326 e. The molecular formula is C33H42N2O5S2. The van der Waals surface area contributed by atoms with Gasteiger partial charge in [-0.3, -0.25) is 10.1 Å². The van der Waals surface area contributed by atoms with E-state index in [-0.39, 0.29) is 5.75 Å². The quantitative estimate of drug-likeness (QED) is 0.160. The third kappa shape index (κ3) is 9.44. The number of rotatable bonds is 17. The number of sulfone groups is 1. The van der Waals surface area contributed by atoms with Gasteiger partial charge in [0.2, 0.25) is 0 Å². The lowest BCUT2D eigenvalue weighted by Crippen LogP contribution is -2.41. The molecule has 0 aromatic heterocycles. The van der Waals surface area contributed by atoms with Crippen LogP contribution < -0.4 is 10.6 Å². The van der Waals surface area contributed by atoms with Gasteiger partial charge in [0.25, 0.3) is 5.91 Å². The number of hydrogen-bond donors (Lipinski definition) is 3. The number of thioether (sulfide) groups is 1. The summed E-state index contributed by atoms with van der Waals surface area (Å²) in [6, 6.07) is 21.7. The first-order valence-corrected chi connectivity index (χ1v) is 17.5. The van der Waals surface area contributed by atoms with Crippen molar-refractivity contribution >= 4 is 33.5 Å². The van der Waals surface area contributed by atoms with E-state index in [0.717, 1.165) is 30.4 Å². The third-order valence-electron chi connectivity index (χ3n) is 7.20. The lowest BCUT2D eigenvalue weighted by atomic mass is 9.93. The van der Waals surface area contributed by atoms with Crippen molar-refractivity contribution in [3.8, 4) is 11.1 Å². The fourth-order valence-corrected chi connectivity index (χ4v) is 7.17. The van der Waals surface area contributed by atoms with Crippen molar-refractivity contribution in [2.75, 3.05) is 24.3 Å². The van der Waals surface area contributed by atoms with Gasteiger partial charge < -0.3 is 10.4 Å². The summed E-state index contributed by atoms with van der Waals surface area (Å²) in [5.41, 5.74) is 4.32. The van der Waals surface area contributed by atoms with Gasteiger partial charge in [0, 0.05) is 5.56 Å². The minimum Gasteiger partial charge on any atom is -0.480 e. The van der Waals surface area contributed by atoms with Crippen LogP contribution in [0.2, 0.25) is 0 Å². The van der Waals surface area contributed by atoms with Crippen LogP contribution in [0.3, 0.4) is 0 Å². The van der Waals surface area contributed by atoms with Gasteiger partial charge in [-0.15, -0.1) is 0 Å². The van der Waals surface area contributed by atoms with Crippen LogP contribution in [0.5, 0.6) is 0 Å². The van der Waals surface area contributed by atoms with Crippen LogP contribution >= 0.6 is 11.8 Å². The standard InChI is InChI=1S/C33H42N2O5S2/c1-4-5-22-42(39,40)32(34-20-11-15-25-13-7-6-8-14-25)26-17-18-28(29(23-26)27-16-10-9-12-24(27)2)31(36)35-30(33(37)38)19-21-41-3/h6-10,12-14,16-18,23,30,32,34H,4-5,11,15,19-22H2,1-3H3,(H,35,36)(H,37,38). The highest BCUT2D eigenvalue weighted by Crippen LogP contribution is 2.32. The molecule has 3 aromatic carbocycles. The molecule has 226 valence electrons. The predicted octanol–water partition coefficient (Wildman–Crippen LogP) is 6.03. The summed E-state index contributed by atoms with van der Waals surface area (Å²) in [6.07, 6.45) is 5.09. The van der Waals surface area contributed by atoms with E-state index in [4.69, 9.17) is 0 Å². The zero-order valence-electron chi connectivity index (χ0n) is 24.6. The van der Waals surface area contributed by atoms with Crippen molar-refractivity contribution in [2.24, 2.45) is 0 Å². The van der Waals surface area contributed by atoms with Crippen LogP contribution in [-0.4, -0.2) is 55.7 Å². The molecule has 3 rings (SSSR count). The van der Waals surface area contributed by atoms with Gasteiger partial charge in [-0.05, 0) is 91.1 Å². The smallest absolute Gasteiger partial charge is 0.326 e. The highest BCUT2D eigenvalue weighted by atomic mass is 32.2. The van der Waals surface area contributed by atoms with Crippen LogP contribution in [0.1, 0.15) is 65.0 Å². The second-order valence-corrected chi connectivity index (χ2v) is 13.6. The zero-order valence-corrected chi connectivity index (χ0v) is 26.3. The zero-order chi connectivity index (χ0) is 30.5. The van der Waals surface area contributed by atoms with Crippen LogP contribution in [-0.2, 0) is 21.1 Å². The Bertz CT molecular complexity index is 1430. The maximum atomic E-state index is 13.6. The van der Waals surface area contributed by atoms with Gasteiger partial charge in [-0.1, -0.05) is 74.0 Å². The molecule has 0 saturated heterocycles. The number of aryl methyl sites for hydroxylation is 2. The van der Waals surface area contributed by atoms with Gasteiger partial charge in [0.15, 0.2) is 9.84 Å². The second-order valence-electron chi connectivity index (χ2n) is 10.4. The molecule has 7 nitrogen and oxygen atoms in total. The predicted molar refractivity (Wildman–Crippen MR) is 173 cm³/mol. The fraction of sp³-hybridized carbons (Fsp3) is 0.394. The molecular weight excluding hydrogens is 569 g/mol. The number of aliphatic carboxylic acids is 1. The SMILES string of the molecule is CCCCS(=O)(=O)C(NCCCc1ccccc1)c1ccc(C(=O)NC(CCSC)C(=O)O)c(-c2ccccc2C)c1. The monoisotopic (exact) mass is 610 g/mol. The van der Waals surface area contributed by atoms with Crippen molar-refractivity contribution < 1.29 is 23.1 Å². The van der Waals surface area contributed by atoms with Crippen molar-refractivity contribution in [3.05, 3.63) is 95.1 Å². The average Bonchev–Trinajstić information content (AvgIpc) is 2.98. The Morgan fingerprint density at radius 1 is 0.952 bits per heavy atom. The van der Waals surface area contributed by atoms with Gasteiger partial charge in [0.1, 0.15) is 11.4 Å². The van der Waals surface area contributed by atoms with Gasteiger partial charge in [0.05, 0.1) is 5.75 Å². The topological polar surface area (TPSA) is 113 Å². The summed E-state index contributed by atoms with van der Waals surface area (Å²) in [6.45, 7) is 4.40. The first kappa shape index (κ1) is 33.4. The molecule has 0 heterocycles. The molecule has 0 spiro atoms. The van der Waals surface area contributed by atoms with E-state index in [9.17, 15) is 23.1 Å². The van der Waals surface area contributed by atoms with Crippen LogP contribution in [0.25, 0.3) is 11.1 Å². The van der Waals surface area contributed by atoms with E-state index in [2.05, 4.69) is 22.8 Å². The lowest BCUT2D eigenvalue weighted by Gasteiger charge is -2.22. The summed E-state index contributed by atoms with van der Waals surface area (Å²) < 4.78 is 27.2. The Kier molecular flexibility index (Phi) is 13.1. The Morgan fingerprint density at radius 3 is 2.33 bits per heavy atom. The van der Waals surface area contributed by atoms with Crippen LogP contribution in [0.15, 0.2) is 72.8 Å². The Hall–Kier alpha value is -3.14. The molecule has 2 unspecified atom stereocenters. The number of unbranched alkanes of at least 4 members (excludes halogenated alkanes) is 1. The van der Waals surface area contributed by atoms with Crippen LogP contribution in [0, 0.1) is 6.92 Å². The molecule has 3 aromatic rings. The lowest BCUT2D eigenvalue weighted by molar-refractivity contribution is -0.139. The largest absolute Gasteiger partial charge is 0.480 e. The van der Waals surface area contributed by atoms with Gasteiger partial charge in [-0.25, -0.2) is 13.2 Å². The van der Waals surface area contributed by atoms with Crippen molar-refractivity contribution in [1.82, 2.24) is 10.6 Å². The number of nitrogens with one attached hydrogen (secondary N) is 2. The number of benzene rings is 3. The molecule has 0 aliphatic carbocycles. The molecule has 2 atom stereocenters. The highest BCUT2D eigenvalue weighted by molar-refractivity contribution is 7.98. The van der Waals surface area contributed by atoms with E-state index in [1.54, 1.807) is 18.2 Å². The Morgan fingerprint density at radius 2 is 1.67 bits per heavy atom. The van der Waals surface area contributed by atoms with E-state index in [1.807, 2.05) is 62.6 Å². The first-order valence-electron chi connectivity index (χ1n) is 14.4. The molecule has 9 heteroatoms. The van der Waals surface area contributed by atoms with Crippen molar-refractivity contribution in [3.63, 3.8) is 0 Å². The first-order chi connectivity index (χ1) is 20.2. The molecule has 0 aliphatic heterocycles. The average molecular weight is 611 g/mol. The van der Waals surface area contributed by atoms with E-state index < -0.39 is 33.1 Å². The number of carbonyl (C=O) groups is 2. The minimum absolute atomic E-state index is 0.0531. The summed E-state index contributed by atoms with van der Waals surface area (Å²) in [5, 5.41) is 14.7. The Labute approximate surface area is 254 Å². The maximum absolute atomic E-state index is 13.6. The molecule has 1 amide bonds. The summed E-state index contributed by atoms with van der Waals surface area (Å²) >= 11 is 1.51. The van der Waals surface area contributed by atoms with E-state index >= 15 is 0 Å². The van der Waals surface area contributed by atoms with E-state index in [1.165, 1.54) is 17.3 Å². The third-order valence-corrected chi connectivity index (χ3v) is 9.86. The second kappa shape index (κ2) is 16.5. The summed E-state index contributed by atoms with van der Waals surface area (Å²) in [7, 11) is -3.56. The fourth-order valence-electron chi connectivity index (χ4n) is 4.84. The van der Waals surface area contributed by atoms with Gasteiger partial charge in [-0.2, -0.15) is 11.8 Å². The molecule has 0 bridgehead atoms. The molecule has 0 radical (unpaired) electrons. The number of carboxylic acids is 1. The van der Waals surface area contributed by atoms with Gasteiger partial charge >= 0.3 is 5.97 Å². The van der Waals surface area contributed by atoms with Crippen molar-refractivity contribution in [2.45, 2.75) is 57.4 Å². The number of carboxylic acid groups (broad SMARTS) is 1. The summed E-state index contributed by atoms with van der Waals surface area (Å²) in [4.78, 5) is 25.3. The number of amides is 1. The van der Waals surface area contributed by atoms with E-state index in [0.29, 0.717) is 41.8 Å². The molecule has 3 N–H and O–H groups in total. The molecule has 0 aliphatic rings. The van der Waals surface area contributed by atoms with Crippen molar-refractivity contribution in [1.29, 1.82) is 0 Å². The Balaban J connectivity index is 1.99. The molecule has 42 heavy (non-hydrogen) atoms. The normalized spacial score (nSPS) is 12.9. The summed E-state index contributed by atoms with van der Waals surface area (Å²) in [5.74, 6) is -0.950. The van der Waals surface area contributed by atoms with Crippen LogP contribution in [0.4, 0.5) is 0 Å². The molecule has 0 saturated carbocycles. The molecule has 0 fully saturated rings. The number of hydrogen-bond acceptors (Lipinski definition) is 6.